The first-order valence-electron chi connectivity index (χ1n) is 5.73. The van der Waals surface area contributed by atoms with E-state index in [-0.39, 0.29) is 5.97 Å². The maximum absolute atomic E-state index is 11.1. The lowest BCUT2D eigenvalue weighted by molar-refractivity contribution is -0.134. The second-order valence-electron chi connectivity index (χ2n) is 5.27. The monoisotopic (exact) mass is 210 g/mol. The Bertz CT molecular complexity index is 253. The molecule has 2 atom stereocenters. The van der Waals surface area contributed by atoms with Gasteiger partial charge in [0.1, 0.15) is 0 Å². The van der Waals surface area contributed by atoms with Crippen LogP contribution in [0.5, 0.6) is 0 Å². The Morgan fingerprint density at radius 2 is 2.13 bits per heavy atom. The number of carbonyl (C=O) groups excluding carboxylic acids is 1. The quantitative estimate of drug-likeness (QED) is 0.517. The van der Waals surface area contributed by atoms with Gasteiger partial charge in [-0.15, -0.1) is 0 Å². The molecule has 2 heteroatoms. The highest BCUT2D eigenvalue weighted by molar-refractivity contribution is 5.81. The van der Waals surface area contributed by atoms with Gasteiger partial charge in [-0.3, -0.25) is 0 Å². The zero-order chi connectivity index (χ0) is 11.5. The van der Waals surface area contributed by atoms with Crippen molar-refractivity contribution in [2.45, 2.75) is 40.0 Å². The predicted molar refractivity (Wildman–Crippen MR) is 61.4 cm³/mol. The van der Waals surface area contributed by atoms with Crippen molar-refractivity contribution in [3.05, 3.63) is 12.2 Å². The SMILES string of the molecule is COC(=O)/C=C/[C@H]1[C@H](C)CCCC1(C)C. The van der Waals surface area contributed by atoms with Crippen molar-refractivity contribution in [2.75, 3.05) is 7.11 Å². The molecule has 1 aliphatic rings. The lowest BCUT2D eigenvalue weighted by Crippen LogP contribution is -2.32. The van der Waals surface area contributed by atoms with Gasteiger partial charge in [0.05, 0.1) is 7.11 Å². The maximum atomic E-state index is 11.1. The Balaban J connectivity index is 2.71. The van der Waals surface area contributed by atoms with Crippen LogP contribution >= 0.6 is 0 Å². The Labute approximate surface area is 92.7 Å². The highest BCUT2D eigenvalue weighted by atomic mass is 16.5. The van der Waals surface area contributed by atoms with E-state index in [2.05, 4.69) is 25.5 Å². The largest absolute Gasteiger partial charge is 0.466 e. The average molecular weight is 210 g/mol. The Hall–Kier alpha value is -0.790. The predicted octanol–water partition coefficient (Wildman–Crippen LogP) is 3.18. The first-order chi connectivity index (χ1) is 6.97. The zero-order valence-corrected chi connectivity index (χ0v) is 10.2. The maximum Gasteiger partial charge on any atom is 0.330 e. The number of esters is 1. The van der Waals surface area contributed by atoms with Crippen LogP contribution in [0.1, 0.15) is 40.0 Å². The molecule has 0 spiro atoms. The summed E-state index contributed by atoms with van der Waals surface area (Å²) in [6, 6.07) is 0. The molecule has 2 nitrogen and oxygen atoms in total. The normalized spacial score (nSPS) is 30.4. The van der Waals surface area contributed by atoms with E-state index in [0.29, 0.717) is 17.3 Å². The fourth-order valence-electron chi connectivity index (χ4n) is 2.70. The molecular weight excluding hydrogens is 188 g/mol. The van der Waals surface area contributed by atoms with E-state index in [4.69, 9.17) is 0 Å². The van der Waals surface area contributed by atoms with Crippen LogP contribution in [0, 0.1) is 17.3 Å². The van der Waals surface area contributed by atoms with E-state index in [1.807, 2.05) is 6.08 Å². The molecule has 0 aromatic carbocycles. The van der Waals surface area contributed by atoms with Gasteiger partial charge >= 0.3 is 5.97 Å². The lowest BCUT2D eigenvalue weighted by Gasteiger charge is -2.41. The summed E-state index contributed by atoms with van der Waals surface area (Å²) in [5.74, 6) is 0.906. The molecule has 0 aliphatic heterocycles. The molecule has 1 rings (SSSR count). The van der Waals surface area contributed by atoms with Gasteiger partial charge < -0.3 is 4.74 Å². The second-order valence-corrected chi connectivity index (χ2v) is 5.27. The number of methoxy groups -OCH3 is 1. The highest BCUT2D eigenvalue weighted by Gasteiger charge is 2.34. The molecule has 0 radical (unpaired) electrons. The smallest absolute Gasteiger partial charge is 0.330 e. The van der Waals surface area contributed by atoms with E-state index < -0.39 is 0 Å². The first kappa shape index (κ1) is 12.3. The molecular formula is C13H22O2. The van der Waals surface area contributed by atoms with Crippen LogP contribution < -0.4 is 0 Å². The Kier molecular flexibility index (Phi) is 3.95. The summed E-state index contributed by atoms with van der Waals surface area (Å²) >= 11 is 0. The summed E-state index contributed by atoms with van der Waals surface area (Å²) in [5.41, 5.74) is 0.308. The van der Waals surface area contributed by atoms with Crippen LogP contribution in [0.4, 0.5) is 0 Å². The highest BCUT2D eigenvalue weighted by Crippen LogP contribution is 2.44. The van der Waals surface area contributed by atoms with Crippen LogP contribution in [-0.2, 0) is 9.53 Å². The van der Waals surface area contributed by atoms with Crippen molar-refractivity contribution in [3.8, 4) is 0 Å². The van der Waals surface area contributed by atoms with Gasteiger partial charge in [0, 0.05) is 6.08 Å². The minimum Gasteiger partial charge on any atom is -0.466 e. The van der Waals surface area contributed by atoms with Crippen molar-refractivity contribution in [3.63, 3.8) is 0 Å². The number of hydrogen-bond donors (Lipinski definition) is 0. The second kappa shape index (κ2) is 4.82. The molecule has 0 heterocycles. The van der Waals surface area contributed by atoms with Gasteiger partial charge in [-0.25, -0.2) is 4.79 Å². The van der Waals surface area contributed by atoms with Crippen molar-refractivity contribution in [1.29, 1.82) is 0 Å². The molecule has 0 aromatic rings. The molecule has 1 saturated carbocycles. The van der Waals surface area contributed by atoms with Gasteiger partial charge in [0.2, 0.25) is 0 Å². The molecule has 15 heavy (non-hydrogen) atoms. The molecule has 0 unspecified atom stereocenters. The van der Waals surface area contributed by atoms with E-state index >= 15 is 0 Å². The summed E-state index contributed by atoms with van der Waals surface area (Å²) in [5, 5.41) is 0. The summed E-state index contributed by atoms with van der Waals surface area (Å²) in [7, 11) is 1.42. The van der Waals surface area contributed by atoms with Crippen LogP contribution in [0.15, 0.2) is 12.2 Å². The van der Waals surface area contributed by atoms with E-state index in [1.165, 1.54) is 26.4 Å². The van der Waals surface area contributed by atoms with Crippen molar-refractivity contribution < 1.29 is 9.53 Å². The van der Waals surface area contributed by atoms with Gasteiger partial charge in [0.15, 0.2) is 0 Å². The molecule has 0 saturated heterocycles. The number of rotatable bonds is 2. The van der Waals surface area contributed by atoms with E-state index in [1.54, 1.807) is 6.08 Å². The average Bonchev–Trinajstić information content (AvgIpc) is 2.15. The molecule has 86 valence electrons. The third-order valence-corrected chi connectivity index (χ3v) is 3.64. The summed E-state index contributed by atoms with van der Waals surface area (Å²) in [4.78, 5) is 11.1. The summed E-state index contributed by atoms with van der Waals surface area (Å²) in [6.45, 7) is 6.84. The Morgan fingerprint density at radius 1 is 1.47 bits per heavy atom. The molecule has 0 amide bonds. The van der Waals surface area contributed by atoms with Gasteiger partial charge in [-0.05, 0) is 23.7 Å². The molecule has 0 N–H and O–H groups in total. The molecule has 0 bridgehead atoms. The van der Waals surface area contributed by atoms with Crippen LogP contribution in [0.25, 0.3) is 0 Å². The first-order valence-corrected chi connectivity index (χ1v) is 5.73. The minimum atomic E-state index is -0.247. The van der Waals surface area contributed by atoms with Crippen LogP contribution in [0.3, 0.4) is 0 Å². The molecule has 1 fully saturated rings. The van der Waals surface area contributed by atoms with Gasteiger partial charge in [0.25, 0.3) is 0 Å². The molecule has 0 aromatic heterocycles. The third kappa shape index (κ3) is 3.08. The number of ether oxygens (including phenoxy) is 1. The lowest BCUT2D eigenvalue weighted by atomic mass is 9.64. The summed E-state index contributed by atoms with van der Waals surface area (Å²) in [6.07, 6.45) is 7.42. The van der Waals surface area contributed by atoms with E-state index in [9.17, 15) is 4.79 Å². The number of carbonyl (C=O) groups is 1. The fraction of sp³-hybridized carbons (Fsp3) is 0.769. The number of hydrogen-bond acceptors (Lipinski definition) is 2. The third-order valence-electron chi connectivity index (χ3n) is 3.64. The van der Waals surface area contributed by atoms with Crippen LogP contribution in [-0.4, -0.2) is 13.1 Å². The van der Waals surface area contributed by atoms with Gasteiger partial charge in [-0.2, -0.15) is 0 Å². The molecule has 1 aliphatic carbocycles. The standard InChI is InChI=1S/C13H22O2/c1-10-6-5-9-13(2,3)11(10)7-8-12(14)15-4/h7-8,10-11H,5-6,9H2,1-4H3/b8-7+/t10-,11+/m1/s1. The number of allylic oxidation sites excluding steroid dienone is 1. The fourth-order valence-corrected chi connectivity index (χ4v) is 2.70. The van der Waals surface area contributed by atoms with E-state index in [0.717, 1.165) is 0 Å². The van der Waals surface area contributed by atoms with Crippen molar-refractivity contribution >= 4 is 5.97 Å². The van der Waals surface area contributed by atoms with Gasteiger partial charge in [-0.1, -0.05) is 39.7 Å². The Morgan fingerprint density at radius 3 is 2.67 bits per heavy atom. The summed E-state index contributed by atoms with van der Waals surface area (Å²) < 4.78 is 4.62. The van der Waals surface area contributed by atoms with Crippen LogP contribution in [0.2, 0.25) is 0 Å². The zero-order valence-electron chi connectivity index (χ0n) is 10.2. The van der Waals surface area contributed by atoms with Crippen molar-refractivity contribution in [2.24, 2.45) is 17.3 Å². The minimum absolute atomic E-state index is 0.247. The van der Waals surface area contributed by atoms with Crippen molar-refractivity contribution in [1.82, 2.24) is 0 Å². The topological polar surface area (TPSA) is 26.3 Å².